The smallest absolute Gasteiger partial charge is 0.227 e. The van der Waals surface area contributed by atoms with Gasteiger partial charge >= 0.3 is 0 Å². The average Bonchev–Trinajstić information content (AvgIpc) is 3.54. The number of piperidine rings is 1. The Morgan fingerprint density at radius 1 is 1.03 bits per heavy atom. The Bertz CT molecular complexity index is 927. The van der Waals surface area contributed by atoms with E-state index in [2.05, 4.69) is 27.2 Å². The second-order valence-electron chi connectivity index (χ2n) is 10.8. The van der Waals surface area contributed by atoms with Gasteiger partial charge in [-0.1, -0.05) is 12.8 Å². The summed E-state index contributed by atoms with van der Waals surface area (Å²) in [7, 11) is 0. The predicted octanol–water partition coefficient (Wildman–Crippen LogP) is 4.48. The monoisotopic (exact) mass is 484 g/mol. The molecule has 9 nitrogen and oxygen atoms in total. The van der Waals surface area contributed by atoms with Crippen molar-refractivity contribution in [2.24, 2.45) is 11.7 Å². The Hall–Kier alpha value is -1.97. The summed E-state index contributed by atoms with van der Waals surface area (Å²) in [5.41, 5.74) is 11.6. The van der Waals surface area contributed by atoms with Crippen molar-refractivity contribution in [1.29, 1.82) is 0 Å². The van der Waals surface area contributed by atoms with Crippen molar-refractivity contribution in [3.63, 3.8) is 0 Å². The number of anilines is 2. The first-order valence-electron chi connectivity index (χ1n) is 14.1. The van der Waals surface area contributed by atoms with Crippen molar-refractivity contribution in [3.8, 4) is 0 Å². The maximum atomic E-state index is 6.13. The predicted molar refractivity (Wildman–Crippen MR) is 140 cm³/mol. The van der Waals surface area contributed by atoms with Gasteiger partial charge in [-0.25, -0.2) is 9.99 Å². The van der Waals surface area contributed by atoms with Crippen LogP contribution in [0.3, 0.4) is 0 Å². The summed E-state index contributed by atoms with van der Waals surface area (Å²) in [6.07, 6.45) is 16.1. The summed E-state index contributed by atoms with van der Waals surface area (Å²) in [6.45, 7) is 5.82. The molecule has 3 fully saturated rings. The second kappa shape index (κ2) is 11.8. The number of nitrogens with zero attached hydrogens (tertiary/aromatic N) is 5. The van der Waals surface area contributed by atoms with E-state index in [1.165, 1.54) is 44.9 Å². The molecule has 0 atom stereocenters. The number of hydrogen-bond acceptors (Lipinski definition) is 8. The maximum Gasteiger partial charge on any atom is 0.227 e. The SMILES string of the molecule is CCOCCCC1CCN(Nc2nc(N[C@H]3CC[C@H](N)CC3)nc3c2ncn3C2CCCC2)CC1. The Kier molecular flexibility index (Phi) is 8.36. The van der Waals surface area contributed by atoms with E-state index in [0.29, 0.717) is 24.1 Å². The first-order valence-corrected chi connectivity index (χ1v) is 14.1. The standard InChI is InChI=1S/C26H44N8O/c1-2-35-17-5-6-19-13-15-33(16-14-19)32-24-23-25(34(18-28-23)22-7-3-4-8-22)31-26(30-24)29-21-11-9-20(27)10-12-21/h18-22H,2-17,27H2,1H3,(H2,29,30,31,32)/t20-,21-. The molecule has 9 heteroatoms. The molecule has 2 aliphatic carbocycles. The van der Waals surface area contributed by atoms with E-state index in [1.54, 1.807) is 0 Å². The highest BCUT2D eigenvalue weighted by molar-refractivity contribution is 5.84. The fraction of sp³-hybridized carbons (Fsp3) is 0.808. The number of hydrogen-bond donors (Lipinski definition) is 3. The fourth-order valence-electron chi connectivity index (χ4n) is 6.06. The van der Waals surface area contributed by atoms with Gasteiger partial charge in [0.05, 0.1) is 6.33 Å². The van der Waals surface area contributed by atoms with Gasteiger partial charge in [-0.15, -0.1) is 0 Å². The van der Waals surface area contributed by atoms with E-state index >= 15 is 0 Å². The van der Waals surface area contributed by atoms with Crippen LogP contribution in [0.5, 0.6) is 0 Å². The van der Waals surface area contributed by atoms with Crippen LogP contribution in [0.2, 0.25) is 0 Å². The van der Waals surface area contributed by atoms with Crippen molar-refractivity contribution >= 4 is 22.9 Å². The summed E-state index contributed by atoms with van der Waals surface area (Å²) >= 11 is 0. The lowest BCUT2D eigenvalue weighted by atomic mass is 9.92. The summed E-state index contributed by atoms with van der Waals surface area (Å²) in [4.78, 5) is 14.7. The molecule has 0 bridgehead atoms. The minimum absolute atomic E-state index is 0.333. The minimum atomic E-state index is 0.333. The van der Waals surface area contributed by atoms with Gasteiger partial charge in [-0.3, -0.25) is 0 Å². The highest BCUT2D eigenvalue weighted by atomic mass is 16.5. The molecule has 35 heavy (non-hydrogen) atoms. The lowest BCUT2D eigenvalue weighted by Gasteiger charge is -2.32. The van der Waals surface area contributed by atoms with Gasteiger partial charge in [0.15, 0.2) is 17.0 Å². The highest BCUT2D eigenvalue weighted by Gasteiger charge is 2.25. The lowest BCUT2D eigenvalue weighted by Crippen LogP contribution is -2.38. The van der Waals surface area contributed by atoms with Gasteiger partial charge in [0.25, 0.3) is 0 Å². The van der Waals surface area contributed by atoms with Gasteiger partial charge in [0.2, 0.25) is 5.95 Å². The third-order valence-electron chi connectivity index (χ3n) is 8.23. The summed E-state index contributed by atoms with van der Waals surface area (Å²) in [5.74, 6) is 2.33. The van der Waals surface area contributed by atoms with Crippen molar-refractivity contribution in [2.45, 2.75) is 102 Å². The molecule has 194 valence electrons. The average molecular weight is 485 g/mol. The first-order chi connectivity index (χ1) is 17.2. The number of fused-ring (bicyclic) bond motifs is 1. The molecule has 4 N–H and O–H groups in total. The Labute approximate surface area is 209 Å². The molecule has 1 saturated heterocycles. The molecule has 3 heterocycles. The maximum absolute atomic E-state index is 6.13. The van der Waals surface area contributed by atoms with Crippen LogP contribution in [0.25, 0.3) is 11.2 Å². The van der Waals surface area contributed by atoms with Crippen LogP contribution in [0.4, 0.5) is 11.8 Å². The summed E-state index contributed by atoms with van der Waals surface area (Å²) in [6, 6.07) is 1.21. The fourth-order valence-corrected chi connectivity index (χ4v) is 6.06. The van der Waals surface area contributed by atoms with E-state index in [1.807, 2.05) is 6.33 Å². The zero-order chi connectivity index (χ0) is 24.0. The van der Waals surface area contributed by atoms with Crippen LogP contribution in [-0.2, 0) is 4.74 Å². The summed E-state index contributed by atoms with van der Waals surface area (Å²) in [5, 5.41) is 5.95. The van der Waals surface area contributed by atoms with E-state index in [9.17, 15) is 0 Å². The molecule has 0 unspecified atom stereocenters. The van der Waals surface area contributed by atoms with E-state index in [-0.39, 0.29) is 0 Å². The molecule has 3 aliphatic rings. The zero-order valence-electron chi connectivity index (χ0n) is 21.4. The van der Waals surface area contributed by atoms with Crippen molar-refractivity contribution < 1.29 is 4.74 Å². The zero-order valence-corrected chi connectivity index (χ0v) is 21.4. The quantitative estimate of drug-likeness (QED) is 0.424. The molecule has 0 aromatic carbocycles. The van der Waals surface area contributed by atoms with Gasteiger partial charge in [-0.2, -0.15) is 9.97 Å². The molecular formula is C26H44N8O. The number of hydrazine groups is 1. The molecule has 0 radical (unpaired) electrons. The Balaban J connectivity index is 1.29. The first kappa shape index (κ1) is 24.7. The van der Waals surface area contributed by atoms with Gasteiger partial charge < -0.3 is 25.8 Å². The molecule has 0 spiro atoms. The topological polar surface area (TPSA) is 106 Å². The third kappa shape index (κ3) is 6.24. The van der Waals surface area contributed by atoms with Crippen molar-refractivity contribution in [2.75, 3.05) is 37.0 Å². The van der Waals surface area contributed by atoms with Crippen LogP contribution in [0.1, 0.15) is 90.0 Å². The summed E-state index contributed by atoms with van der Waals surface area (Å²) < 4.78 is 7.81. The van der Waals surface area contributed by atoms with E-state index in [4.69, 9.17) is 25.4 Å². The number of rotatable bonds is 10. The number of nitrogens with one attached hydrogen (secondary N) is 2. The lowest BCUT2D eigenvalue weighted by molar-refractivity contribution is 0.131. The molecule has 2 aromatic rings. The number of ether oxygens (including phenoxy) is 1. The molecule has 1 aliphatic heterocycles. The number of aromatic nitrogens is 4. The van der Waals surface area contributed by atoms with E-state index in [0.717, 1.165) is 81.3 Å². The van der Waals surface area contributed by atoms with Crippen molar-refractivity contribution in [1.82, 2.24) is 24.5 Å². The minimum Gasteiger partial charge on any atom is -0.382 e. The van der Waals surface area contributed by atoms with Gasteiger partial charge in [-0.05, 0) is 77.0 Å². The number of nitrogens with two attached hydrogens (primary N) is 1. The molecule has 5 rings (SSSR count). The normalized spacial score (nSPS) is 24.9. The van der Waals surface area contributed by atoms with Crippen LogP contribution in [-0.4, -0.2) is 62.9 Å². The molecular weight excluding hydrogens is 440 g/mol. The van der Waals surface area contributed by atoms with Crippen molar-refractivity contribution in [3.05, 3.63) is 6.33 Å². The largest absolute Gasteiger partial charge is 0.382 e. The van der Waals surface area contributed by atoms with Crippen LogP contribution >= 0.6 is 0 Å². The Morgan fingerprint density at radius 3 is 2.54 bits per heavy atom. The molecule has 0 amide bonds. The molecule has 2 saturated carbocycles. The van der Waals surface area contributed by atoms with E-state index < -0.39 is 0 Å². The highest BCUT2D eigenvalue weighted by Crippen LogP contribution is 2.34. The Morgan fingerprint density at radius 2 is 1.80 bits per heavy atom. The van der Waals surface area contributed by atoms with Crippen LogP contribution < -0.4 is 16.5 Å². The number of imidazole rings is 1. The third-order valence-corrected chi connectivity index (χ3v) is 8.23. The molecule has 2 aromatic heterocycles. The van der Waals surface area contributed by atoms with Crippen LogP contribution in [0, 0.1) is 5.92 Å². The van der Waals surface area contributed by atoms with Gasteiger partial charge in [0, 0.05) is 44.4 Å². The van der Waals surface area contributed by atoms with Gasteiger partial charge in [0.1, 0.15) is 0 Å². The van der Waals surface area contributed by atoms with Crippen LogP contribution in [0.15, 0.2) is 6.33 Å². The second-order valence-corrected chi connectivity index (χ2v) is 10.8.